The summed E-state index contributed by atoms with van der Waals surface area (Å²) in [5.41, 5.74) is 6.07. The lowest BCUT2D eigenvalue weighted by Gasteiger charge is -2.08. The largest absolute Gasteiger partial charge is 0.490 e. The molecule has 2 atom stereocenters. The number of rotatable bonds is 4. The zero-order valence-corrected chi connectivity index (χ0v) is 8.84. The number of para-hydroxylation sites is 1. The number of nitrogens with two attached hydrogens (primary N) is 1. The van der Waals surface area contributed by atoms with E-state index in [0.29, 0.717) is 5.69 Å². The maximum atomic E-state index is 10.9. The fourth-order valence-corrected chi connectivity index (χ4v) is 1.57. The molecular formula is C10H13N3O3. The molecule has 86 valence electrons. The van der Waals surface area contributed by atoms with Crippen molar-refractivity contribution in [3.05, 3.63) is 28.3 Å². The summed E-state index contributed by atoms with van der Waals surface area (Å²) >= 11 is 0. The number of anilines is 1. The van der Waals surface area contributed by atoms with Gasteiger partial charge < -0.3 is 15.8 Å². The molecule has 1 fully saturated rings. The Morgan fingerprint density at radius 2 is 2.31 bits per heavy atom. The van der Waals surface area contributed by atoms with Gasteiger partial charge in [0, 0.05) is 12.1 Å². The van der Waals surface area contributed by atoms with Crippen molar-refractivity contribution in [2.24, 2.45) is 5.73 Å². The molecule has 0 aromatic heterocycles. The van der Waals surface area contributed by atoms with Gasteiger partial charge in [-0.15, -0.1) is 0 Å². The zero-order valence-electron chi connectivity index (χ0n) is 8.84. The molecule has 0 saturated heterocycles. The summed E-state index contributed by atoms with van der Waals surface area (Å²) in [5.74, 6) is 0.254. The second-order valence-electron chi connectivity index (χ2n) is 3.76. The van der Waals surface area contributed by atoms with E-state index in [-0.39, 0.29) is 23.5 Å². The number of hydrogen-bond donors (Lipinski definition) is 2. The monoisotopic (exact) mass is 223 g/mol. The van der Waals surface area contributed by atoms with E-state index in [9.17, 15) is 10.1 Å². The van der Waals surface area contributed by atoms with Crippen LogP contribution in [0.5, 0.6) is 5.75 Å². The lowest BCUT2D eigenvalue weighted by molar-refractivity contribution is -0.384. The molecule has 0 spiro atoms. The van der Waals surface area contributed by atoms with Gasteiger partial charge in [0.25, 0.3) is 0 Å². The Morgan fingerprint density at radius 1 is 1.62 bits per heavy atom. The molecule has 1 aliphatic carbocycles. The van der Waals surface area contributed by atoms with Crippen LogP contribution in [0.1, 0.15) is 6.42 Å². The van der Waals surface area contributed by atoms with Gasteiger partial charge in [-0.2, -0.15) is 0 Å². The van der Waals surface area contributed by atoms with Gasteiger partial charge in [-0.25, -0.2) is 0 Å². The van der Waals surface area contributed by atoms with E-state index in [1.54, 1.807) is 18.2 Å². The number of hydrogen-bond acceptors (Lipinski definition) is 5. The van der Waals surface area contributed by atoms with Crippen molar-refractivity contribution in [1.82, 2.24) is 0 Å². The third-order valence-electron chi connectivity index (χ3n) is 2.58. The summed E-state index contributed by atoms with van der Waals surface area (Å²) in [7, 11) is 1.41. The Bertz CT molecular complexity index is 422. The first kappa shape index (κ1) is 10.7. The standard InChI is InChI=1S/C10H13N3O3/c1-16-9-4-2-3-7(10(9)13(14)15)12-8-5-6(8)11/h2-4,6,8,12H,5,11H2,1H3. The topological polar surface area (TPSA) is 90.4 Å². The van der Waals surface area contributed by atoms with Crippen molar-refractivity contribution in [2.45, 2.75) is 18.5 Å². The molecule has 0 aliphatic heterocycles. The highest BCUT2D eigenvalue weighted by molar-refractivity contribution is 5.69. The molecule has 1 aromatic rings. The number of nitro groups is 1. The van der Waals surface area contributed by atoms with E-state index < -0.39 is 4.92 Å². The van der Waals surface area contributed by atoms with Gasteiger partial charge in [-0.05, 0) is 18.6 Å². The van der Waals surface area contributed by atoms with Crippen LogP contribution in [0.15, 0.2) is 18.2 Å². The minimum Gasteiger partial charge on any atom is -0.490 e. The molecule has 3 N–H and O–H groups in total. The average Bonchev–Trinajstić information content (AvgIpc) is 2.93. The molecule has 1 saturated carbocycles. The van der Waals surface area contributed by atoms with E-state index in [1.165, 1.54) is 7.11 Å². The van der Waals surface area contributed by atoms with Gasteiger partial charge in [0.05, 0.1) is 12.0 Å². The van der Waals surface area contributed by atoms with Crippen LogP contribution in [0.4, 0.5) is 11.4 Å². The van der Waals surface area contributed by atoms with Crippen molar-refractivity contribution < 1.29 is 9.66 Å². The Kier molecular flexibility index (Phi) is 2.66. The highest BCUT2D eigenvalue weighted by Gasteiger charge is 2.35. The quantitative estimate of drug-likeness (QED) is 0.589. The second-order valence-corrected chi connectivity index (χ2v) is 3.76. The number of nitrogens with zero attached hydrogens (tertiary/aromatic N) is 1. The maximum absolute atomic E-state index is 10.9. The minimum absolute atomic E-state index is 0.0379. The fourth-order valence-electron chi connectivity index (χ4n) is 1.57. The fraction of sp³-hybridized carbons (Fsp3) is 0.400. The van der Waals surface area contributed by atoms with Crippen LogP contribution < -0.4 is 15.8 Å². The molecule has 1 aromatic carbocycles. The van der Waals surface area contributed by atoms with Crippen LogP contribution in [0.2, 0.25) is 0 Å². The maximum Gasteiger partial charge on any atom is 0.333 e. The molecule has 2 unspecified atom stereocenters. The molecule has 16 heavy (non-hydrogen) atoms. The first-order valence-corrected chi connectivity index (χ1v) is 4.97. The molecule has 1 aliphatic rings. The van der Waals surface area contributed by atoms with Gasteiger partial charge in [-0.3, -0.25) is 10.1 Å². The zero-order chi connectivity index (χ0) is 11.7. The van der Waals surface area contributed by atoms with Gasteiger partial charge in [0.15, 0.2) is 5.75 Å². The Balaban J connectivity index is 2.31. The van der Waals surface area contributed by atoms with Crippen molar-refractivity contribution >= 4 is 11.4 Å². The molecule has 0 bridgehead atoms. The molecule has 6 nitrogen and oxygen atoms in total. The highest BCUT2D eigenvalue weighted by atomic mass is 16.6. The van der Waals surface area contributed by atoms with E-state index in [0.717, 1.165) is 6.42 Å². The predicted molar refractivity (Wildman–Crippen MR) is 59.7 cm³/mol. The van der Waals surface area contributed by atoms with Gasteiger partial charge in [-0.1, -0.05) is 6.07 Å². The summed E-state index contributed by atoms with van der Waals surface area (Å²) in [6.45, 7) is 0. The van der Waals surface area contributed by atoms with E-state index in [2.05, 4.69) is 5.32 Å². The van der Waals surface area contributed by atoms with Crippen molar-refractivity contribution in [3.8, 4) is 5.75 Å². The van der Waals surface area contributed by atoms with Crippen LogP contribution in [0, 0.1) is 10.1 Å². The van der Waals surface area contributed by atoms with Crippen molar-refractivity contribution in [2.75, 3.05) is 12.4 Å². The number of ether oxygens (including phenoxy) is 1. The third-order valence-corrected chi connectivity index (χ3v) is 2.58. The molecule has 6 heteroatoms. The number of nitro benzene ring substituents is 1. The lowest BCUT2D eigenvalue weighted by atomic mass is 10.2. The molecule has 0 amide bonds. The van der Waals surface area contributed by atoms with Gasteiger partial charge >= 0.3 is 5.69 Å². The van der Waals surface area contributed by atoms with Crippen LogP contribution in [0.3, 0.4) is 0 Å². The van der Waals surface area contributed by atoms with E-state index in [4.69, 9.17) is 10.5 Å². The highest BCUT2D eigenvalue weighted by Crippen LogP contribution is 2.36. The smallest absolute Gasteiger partial charge is 0.333 e. The normalized spacial score (nSPS) is 22.6. The van der Waals surface area contributed by atoms with E-state index in [1.807, 2.05) is 0 Å². The lowest BCUT2D eigenvalue weighted by Crippen LogP contribution is -2.14. The van der Waals surface area contributed by atoms with Crippen LogP contribution in [-0.4, -0.2) is 24.1 Å². The summed E-state index contributed by atoms with van der Waals surface area (Å²) < 4.78 is 4.96. The summed E-state index contributed by atoms with van der Waals surface area (Å²) in [6, 6.07) is 5.15. The Labute approximate surface area is 92.5 Å². The second kappa shape index (κ2) is 3.97. The molecular weight excluding hydrogens is 210 g/mol. The molecule has 2 rings (SSSR count). The summed E-state index contributed by atoms with van der Waals surface area (Å²) in [6.07, 6.45) is 0.842. The van der Waals surface area contributed by atoms with Gasteiger partial charge in [0.2, 0.25) is 0 Å². The summed E-state index contributed by atoms with van der Waals surface area (Å²) in [4.78, 5) is 10.5. The van der Waals surface area contributed by atoms with Crippen molar-refractivity contribution in [3.63, 3.8) is 0 Å². The summed E-state index contributed by atoms with van der Waals surface area (Å²) in [5, 5.41) is 14.0. The first-order chi connectivity index (χ1) is 7.63. The van der Waals surface area contributed by atoms with E-state index >= 15 is 0 Å². The predicted octanol–water partition coefficient (Wildman–Crippen LogP) is 1.11. The third kappa shape index (κ3) is 1.92. The van der Waals surface area contributed by atoms with Crippen LogP contribution >= 0.6 is 0 Å². The SMILES string of the molecule is COc1cccc(NC2CC2N)c1[N+](=O)[O-]. The Morgan fingerprint density at radius 3 is 2.81 bits per heavy atom. The molecule has 0 radical (unpaired) electrons. The van der Waals surface area contributed by atoms with Crippen molar-refractivity contribution in [1.29, 1.82) is 0 Å². The average molecular weight is 223 g/mol. The first-order valence-electron chi connectivity index (χ1n) is 4.97. The minimum atomic E-state index is -0.449. The molecule has 0 heterocycles. The van der Waals surface area contributed by atoms with Crippen LogP contribution in [0.25, 0.3) is 0 Å². The number of benzene rings is 1. The number of methoxy groups -OCH3 is 1. The number of nitrogens with one attached hydrogen (secondary N) is 1. The van der Waals surface area contributed by atoms with Gasteiger partial charge in [0.1, 0.15) is 5.69 Å². The Hall–Kier alpha value is -1.82. The van der Waals surface area contributed by atoms with Crippen LogP contribution in [-0.2, 0) is 0 Å².